The minimum Gasteiger partial charge on any atom is -0.438 e. The number of hydrogen-bond donors (Lipinski definition) is 1. The molecule has 0 radical (unpaired) electrons. The fraction of sp³-hybridized carbons (Fsp3) is 0.238. The maximum Gasteiger partial charge on any atom is 0.250 e. The predicted octanol–water partition coefficient (Wildman–Crippen LogP) is 3.97. The third kappa shape index (κ3) is 3.33. The fourth-order valence-electron chi connectivity index (χ4n) is 3.08. The van der Waals surface area contributed by atoms with Gasteiger partial charge in [0.05, 0.1) is 12.4 Å². The number of aromatic nitrogens is 1. The number of aryl methyl sites for hydroxylation is 1. The van der Waals surface area contributed by atoms with E-state index in [1.165, 1.54) is 0 Å². The van der Waals surface area contributed by atoms with Crippen molar-refractivity contribution in [2.45, 2.75) is 20.8 Å². The molecule has 0 saturated carbocycles. The molecule has 1 aromatic carbocycles. The molecule has 1 aliphatic heterocycles. The van der Waals surface area contributed by atoms with Gasteiger partial charge in [0.1, 0.15) is 5.75 Å². The average Bonchev–Trinajstić information content (AvgIpc) is 2.60. The van der Waals surface area contributed by atoms with E-state index in [2.05, 4.69) is 16.9 Å². The molecule has 2 heterocycles. The van der Waals surface area contributed by atoms with Crippen LogP contribution in [0.15, 0.2) is 48.7 Å². The molecule has 134 valence electrons. The Morgan fingerprint density at radius 2 is 2.08 bits per heavy atom. The molecule has 1 amide bonds. The van der Waals surface area contributed by atoms with Crippen LogP contribution in [0.25, 0.3) is 11.3 Å². The van der Waals surface area contributed by atoms with Gasteiger partial charge in [-0.15, -0.1) is 0 Å². The van der Waals surface area contributed by atoms with Gasteiger partial charge in [-0.3, -0.25) is 4.79 Å². The highest BCUT2D eigenvalue weighted by Gasteiger charge is 2.22. The van der Waals surface area contributed by atoms with Crippen LogP contribution in [0.2, 0.25) is 0 Å². The third-order valence-electron chi connectivity index (χ3n) is 4.45. The Balaban J connectivity index is 1.95. The van der Waals surface area contributed by atoms with Gasteiger partial charge in [0.25, 0.3) is 0 Å². The Kier molecular flexibility index (Phi) is 4.80. The van der Waals surface area contributed by atoms with Crippen molar-refractivity contribution in [2.24, 2.45) is 0 Å². The standard InChI is InChI=1S/C21H23N3O2/c1-13(2)17-7-6-10-22-21(17)26-16-8-9-18(14(3)11-16)19-15(4)20(25)23-12-24(19)5/h6-11H,1,12H2,2-5H3,(H,23,25). The zero-order chi connectivity index (χ0) is 18.8. The molecule has 5 heteroatoms. The molecule has 5 nitrogen and oxygen atoms in total. The molecular weight excluding hydrogens is 326 g/mol. The molecule has 26 heavy (non-hydrogen) atoms. The van der Waals surface area contributed by atoms with E-state index >= 15 is 0 Å². The fourth-order valence-corrected chi connectivity index (χ4v) is 3.08. The highest BCUT2D eigenvalue weighted by Crippen LogP contribution is 2.32. The van der Waals surface area contributed by atoms with Gasteiger partial charge in [-0.25, -0.2) is 4.98 Å². The minimum atomic E-state index is -0.0302. The number of carbonyl (C=O) groups is 1. The van der Waals surface area contributed by atoms with E-state index in [1.807, 2.05) is 63.1 Å². The summed E-state index contributed by atoms with van der Waals surface area (Å²) in [6.45, 7) is 10.3. The zero-order valence-corrected chi connectivity index (χ0v) is 15.6. The second kappa shape index (κ2) is 7.04. The number of amides is 1. The summed E-state index contributed by atoms with van der Waals surface area (Å²) >= 11 is 0. The zero-order valence-electron chi connectivity index (χ0n) is 15.6. The van der Waals surface area contributed by atoms with Gasteiger partial charge in [-0.05, 0) is 62.2 Å². The van der Waals surface area contributed by atoms with Crippen LogP contribution >= 0.6 is 0 Å². The Bertz CT molecular complexity index is 915. The van der Waals surface area contributed by atoms with E-state index in [0.29, 0.717) is 23.9 Å². The number of nitrogens with zero attached hydrogens (tertiary/aromatic N) is 2. The van der Waals surface area contributed by atoms with Gasteiger partial charge < -0.3 is 15.0 Å². The van der Waals surface area contributed by atoms with Gasteiger partial charge >= 0.3 is 0 Å². The van der Waals surface area contributed by atoms with Gasteiger partial charge in [-0.1, -0.05) is 6.58 Å². The van der Waals surface area contributed by atoms with Crippen LogP contribution in [0.5, 0.6) is 11.6 Å². The van der Waals surface area contributed by atoms with Crippen molar-refractivity contribution in [3.8, 4) is 11.6 Å². The monoisotopic (exact) mass is 349 g/mol. The average molecular weight is 349 g/mol. The molecule has 0 saturated heterocycles. The predicted molar refractivity (Wildman–Crippen MR) is 104 cm³/mol. The van der Waals surface area contributed by atoms with Gasteiger partial charge in [0.2, 0.25) is 11.8 Å². The van der Waals surface area contributed by atoms with Crippen LogP contribution in [-0.4, -0.2) is 29.5 Å². The lowest BCUT2D eigenvalue weighted by atomic mass is 9.99. The van der Waals surface area contributed by atoms with Crippen LogP contribution in [0.3, 0.4) is 0 Å². The molecule has 0 atom stereocenters. The molecule has 2 aromatic rings. The number of benzene rings is 1. The Labute approximate surface area is 154 Å². The summed E-state index contributed by atoms with van der Waals surface area (Å²) in [7, 11) is 1.97. The molecule has 0 bridgehead atoms. The van der Waals surface area contributed by atoms with Crippen molar-refractivity contribution in [1.82, 2.24) is 15.2 Å². The quantitative estimate of drug-likeness (QED) is 0.907. The number of rotatable bonds is 4. The summed E-state index contributed by atoms with van der Waals surface area (Å²) in [5.74, 6) is 1.21. The summed E-state index contributed by atoms with van der Waals surface area (Å²) in [6.07, 6.45) is 1.70. The normalized spacial score (nSPS) is 14.3. The van der Waals surface area contributed by atoms with E-state index in [0.717, 1.165) is 28.0 Å². The van der Waals surface area contributed by atoms with Crippen molar-refractivity contribution < 1.29 is 9.53 Å². The van der Waals surface area contributed by atoms with Crippen molar-refractivity contribution in [3.63, 3.8) is 0 Å². The minimum absolute atomic E-state index is 0.0302. The highest BCUT2D eigenvalue weighted by atomic mass is 16.5. The van der Waals surface area contributed by atoms with E-state index in [1.54, 1.807) is 6.20 Å². The number of hydrogen-bond acceptors (Lipinski definition) is 4. The summed E-state index contributed by atoms with van der Waals surface area (Å²) in [5, 5.41) is 2.85. The van der Waals surface area contributed by atoms with E-state index in [-0.39, 0.29) is 5.91 Å². The van der Waals surface area contributed by atoms with Gasteiger partial charge in [0.15, 0.2) is 0 Å². The molecule has 0 spiro atoms. The molecule has 3 rings (SSSR count). The van der Waals surface area contributed by atoms with Crippen molar-refractivity contribution in [2.75, 3.05) is 13.7 Å². The largest absolute Gasteiger partial charge is 0.438 e. The third-order valence-corrected chi connectivity index (χ3v) is 4.45. The molecular formula is C21H23N3O2. The van der Waals surface area contributed by atoms with E-state index in [4.69, 9.17) is 4.74 Å². The number of ether oxygens (including phenoxy) is 1. The Morgan fingerprint density at radius 3 is 2.77 bits per heavy atom. The number of allylic oxidation sites excluding steroid dienone is 1. The maximum absolute atomic E-state index is 12.0. The first-order valence-corrected chi connectivity index (χ1v) is 8.48. The molecule has 0 unspecified atom stereocenters. The topological polar surface area (TPSA) is 54.5 Å². The van der Waals surface area contributed by atoms with E-state index < -0.39 is 0 Å². The second-order valence-electron chi connectivity index (χ2n) is 6.55. The number of nitrogens with one attached hydrogen (secondary N) is 1. The Morgan fingerprint density at radius 1 is 1.31 bits per heavy atom. The lowest BCUT2D eigenvalue weighted by Crippen LogP contribution is -2.41. The van der Waals surface area contributed by atoms with Crippen molar-refractivity contribution in [3.05, 3.63) is 65.4 Å². The van der Waals surface area contributed by atoms with Crippen LogP contribution in [-0.2, 0) is 4.79 Å². The molecule has 1 aliphatic rings. The van der Waals surface area contributed by atoms with Crippen LogP contribution in [0.4, 0.5) is 0 Å². The molecule has 1 aromatic heterocycles. The van der Waals surface area contributed by atoms with Gasteiger partial charge in [0, 0.05) is 29.9 Å². The first-order chi connectivity index (χ1) is 12.4. The molecule has 0 aliphatic carbocycles. The first-order valence-electron chi connectivity index (χ1n) is 8.48. The summed E-state index contributed by atoms with van der Waals surface area (Å²) < 4.78 is 5.99. The smallest absolute Gasteiger partial charge is 0.250 e. The number of pyridine rings is 1. The van der Waals surface area contributed by atoms with Crippen LogP contribution in [0.1, 0.15) is 30.5 Å². The highest BCUT2D eigenvalue weighted by molar-refractivity contribution is 6.01. The summed E-state index contributed by atoms with van der Waals surface area (Å²) in [6, 6.07) is 9.66. The van der Waals surface area contributed by atoms with Crippen LogP contribution < -0.4 is 10.1 Å². The van der Waals surface area contributed by atoms with Crippen LogP contribution in [0, 0.1) is 6.92 Å². The Hall–Kier alpha value is -3.08. The first kappa shape index (κ1) is 17.7. The lowest BCUT2D eigenvalue weighted by Gasteiger charge is -2.30. The molecule has 1 N–H and O–H groups in total. The number of carbonyl (C=O) groups excluding carboxylic acids is 1. The van der Waals surface area contributed by atoms with E-state index in [9.17, 15) is 4.79 Å². The lowest BCUT2D eigenvalue weighted by molar-refractivity contribution is -0.118. The summed E-state index contributed by atoms with van der Waals surface area (Å²) in [5.41, 5.74) is 5.50. The summed E-state index contributed by atoms with van der Waals surface area (Å²) in [4.78, 5) is 18.4. The van der Waals surface area contributed by atoms with Crippen molar-refractivity contribution >= 4 is 17.2 Å². The van der Waals surface area contributed by atoms with Gasteiger partial charge in [-0.2, -0.15) is 0 Å². The van der Waals surface area contributed by atoms with Crippen molar-refractivity contribution in [1.29, 1.82) is 0 Å². The SMILES string of the molecule is C=C(C)c1cccnc1Oc1ccc(C2=C(C)C(=O)NCN2C)c(C)c1. The maximum atomic E-state index is 12.0. The second-order valence-corrected chi connectivity index (χ2v) is 6.55. The molecule has 0 fully saturated rings.